The molecule has 1 N–H and O–H groups in total. The fraction of sp³-hybridized carbons (Fsp3) is 0.389. The Morgan fingerprint density at radius 1 is 1.33 bits per heavy atom. The Kier molecular flexibility index (Phi) is 4.32. The summed E-state index contributed by atoms with van der Waals surface area (Å²) in [5.41, 5.74) is 1.88. The average molecular weight is 346 g/mol. The van der Waals surface area contributed by atoms with Crippen LogP contribution in [0.15, 0.2) is 30.6 Å². The van der Waals surface area contributed by atoms with Crippen molar-refractivity contribution in [2.24, 2.45) is 0 Å². The van der Waals surface area contributed by atoms with Crippen molar-refractivity contribution in [2.45, 2.75) is 45.3 Å². The fourth-order valence-electron chi connectivity index (χ4n) is 3.13. The third kappa shape index (κ3) is 2.89. The summed E-state index contributed by atoms with van der Waals surface area (Å²) in [6.45, 7) is 5.81. The Morgan fingerprint density at radius 2 is 2.08 bits per heavy atom. The van der Waals surface area contributed by atoms with Crippen LogP contribution in [0.1, 0.15) is 43.5 Å². The molecule has 1 aliphatic rings. The van der Waals surface area contributed by atoms with Crippen molar-refractivity contribution in [1.82, 2.24) is 9.97 Å². The third-order valence-corrected chi connectivity index (χ3v) is 4.39. The van der Waals surface area contributed by atoms with Crippen molar-refractivity contribution >= 4 is 23.3 Å². The molecule has 0 saturated heterocycles. The lowest BCUT2D eigenvalue weighted by Crippen LogP contribution is -2.45. The number of hydrogen-bond donors (Lipinski definition) is 1. The largest absolute Gasteiger partial charge is 0.392 e. The van der Waals surface area contributed by atoms with Crippen molar-refractivity contribution < 1.29 is 9.90 Å². The lowest BCUT2D eigenvalue weighted by atomic mass is 9.94. The fourth-order valence-corrected chi connectivity index (χ4v) is 3.31. The minimum atomic E-state index is -0.359. The molecule has 0 unspecified atom stereocenters. The van der Waals surface area contributed by atoms with Crippen molar-refractivity contribution in [3.05, 3.63) is 52.4 Å². The van der Waals surface area contributed by atoms with Gasteiger partial charge in [0.05, 0.1) is 17.5 Å². The van der Waals surface area contributed by atoms with Gasteiger partial charge in [-0.15, -0.1) is 0 Å². The molecule has 24 heavy (non-hydrogen) atoms. The van der Waals surface area contributed by atoms with Crippen LogP contribution >= 0.6 is 11.6 Å². The number of aliphatic hydroxyl groups is 1. The molecule has 2 aromatic heterocycles. The van der Waals surface area contributed by atoms with Crippen molar-refractivity contribution in [1.29, 1.82) is 0 Å². The highest BCUT2D eigenvalue weighted by Crippen LogP contribution is 2.41. The number of nitrogens with zero attached hydrogens (tertiary/aromatic N) is 3. The topological polar surface area (TPSA) is 66.3 Å². The number of pyridine rings is 2. The van der Waals surface area contributed by atoms with Crippen LogP contribution in [0.2, 0.25) is 5.02 Å². The molecular formula is C18H20ClN3O2. The standard InChI is InChI=1S/C18H20ClN3O2/c1-18(2,3)22-16-13(5-4-6-20-16)14(17(22)24)8-15-11(10-23)7-12(19)9-21-15/h4-7,9,14,23H,8,10H2,1-3H3/t14-/m1/s1. The SMILES string of the molecule is CC(C)(C)N1C(=O)[C@H](Cc2ncc(Cl)cc2CO)c2cccnc21. The van der Waals surface area contributed by atoms with E-state index in [1.54, 1.807) is 23.4 Å². The Balaban J connectivity index is 2.02. The smallest absolute Gasteiger partial charge is 0.236 e. The van der Waals surface area contributed by atoms with Gasteiger partial charge in [0, 0.05) is 41.2 Å². The molecule has 0 fully saturated rings. The van der Waals surface area contributed by atoms with Crippen molar-refractivity contribution in [3.8, 4) is 0 Å². The second-order valence-corrected chi connectivity index (χ2v) is 7.37. The molecular weight excluding hydrogens is 326 g/mol. The van der Waals surface area contributed by atoms with Gasteiger partial charge >= 0.3 is 0 Å². The second-order valence-electron chi connectivity index (χ2n) is 6.93. The minimum Gasteiger partial charge on any atom is -0.392 e. The van der Waals surface area contributed by atoms with Crippen LogP contribution in [0.4, 0.5) is 5.82 Å². The molecule has 5 nitrogen and oxygen atoms in total. The van der Waals surface area contributed by atoms with Gasteiger partial charge in [-0.1, -0.05) is 17.7 Å². The van der Waals surface area contributed by atoms with E-state index >= 15 is 0 Å². The average Bonchev–Trinajstić information content (AvgIpc) is 2.81. The molecule has 0 spiro atoms. The highest BCUT2D eigenvalue weighted by molar-refractivity contribution is 6.30. The molecule has 2 aromatic rings. The number of carbonyl (C=O) groups excluding carboxylic acids is 1. The number of hydrogen-bond acceptors (Lipinski definition) is 4. The van der Waals surface area contributed by atoms with Crippen LogP contribution in [-0.2, 0) is 17.8 Å². The molecule has 6 heteroatoms. The Hall–Kier alpha value is -1.98. The zero-order valence-electron chi connectivity index (χ0n) is 14.0. The number of aliphatic hydroxyl groups excluding tert-OH is 1. The van der Waals surface area contributed by atoms with E-state index in [0.717, 1.165) is 5.56 Å². The number of rotatable bonds is 3. The molecule has 0 bridgehead atoms. The number of fused-ring (bicyclic) bond motifs is 1. The molecule has 0 aromatic carbocycles. The van der Waals surface area contributed by atoms with Gasteiger partial charge in [0.1, 0.15) is 5.82 Å². The predicted octanol–water partition coefficient (Wildman–Crippen LogP) is 3.09. The summed E-state index contributed by atoms with van der Waals surface area (Å²) in [5, 5.41) is 10.0. The highest BCUT2D eigenvalue weighted by Gasteiger charge is 2.43. The van der Waals surface area contributed by atoms with E-state index in [4.69, 9.17) is 11.6 Å². The number of amides is 1. The van der Waals surface area contributed by atoms with E-state index < -0.39 is 0 Å². The first-order valence-corrected chi connectivity index (χ1v) is 8.24. The summed E-state index contributed by atoms with van der Waals surface area (Å²) in [5.74, 6) is 0.364. The van der Waals surface area contributed by atoms with Crippen LogP contribution in [0.3, 0.4) is 0 Å². The van der Waals surface area contributed by atoms with Gasteiger partial charge in [0.25, 0.3) is 0 Å². The first-order chi connectivity index (χ1) is 11.3. The Bertz CT molecular complexity index is 786. The highest BCUT2D eigenvalue weighted by atomic mass is 35.5. The lowest BCUT2D eigenvalue weighted by molar-refractivity contribution is -0.120. The van der Waals surface area contributed by atoms with Gasteiger partial charge < -0.3 is 5.11 Å². The molecule has 1 atom stereocenters. The minimum absolute atomic E-state index is 0.0110. The van der Waals surface area contributed by atoms with Crippen LogP contribution in [0, 0.1) is 0 Å². The second kappa shape index (κ2) is 6.15. The molecule has 126 valence electrons. The normalized spacial score (nSPS) is 17.3. The first kappa shape index (κ1) is 16.9. The Morgan fingerprint density at radius 3 is 2.75 bits per heavy atom. The molecule has 0 aliphatic carbocycles. The van der Waals surface area contributed by atoms with Gasteiger partial charge in [-0.25, -0.2) is 4.98 Å². The Labute approximate surface area is 146 Å². The predicted molar refractivity (Wildman–Crippen MR) is 93.1 cm³/mol. The molecule has 1 amide bonds. The van der Waals surface area contributed by atoms with Gasteiger partial charge in [0.2, 0.25) is 5.91 Å². The van der Waals surface area contributed by atoms with E-state index in [9.17, 15) is 9.90 Å². The van der Waals surface area contributed by atoms with E-state index in [2.05, 4.69) is 9.97 Å². The van der Waals surface area contributed by atoms with Crippen LogP contribution in [0.5, 0.6) is 0 Å². The zero-order valence-corrected chi connectivity index (χ0v) is 14.7. The van der Waals surface area contributed by atoms with Crippen LogP contribution < -0.4 is 4.90 Å². The quantitative estimate of drug-likeness (QED) is 0.928. The van der Waals surface area contributed by atoms with E-state index in [1.165, 1.54) is 0 Å². The number of aromatic nitrogens is 2. The maximum atomic E-state index is 13.0. The van der Waals surface area contributed by atoms with Crippen molar-refractivity contribution in [2.75, 3.05) is 4.90 Å². The van der Waals surface area contributed by atoms with Crippen LogP contribution in [0.25, 0.3) is 0 Å². The van der Waals surface area contributed by atoms with E-state index in [0.29, 0.717) is 28.5 Å². The number of halogens is 1. The van der Waals surface area contributed by atoms with Gasteiger partial charge in [-0.3, -0.25) is 14.7 Å². The number of anilines is 1. The van der Waals surface area contributed by atoms with Gasteiger partial charge in [0.15, 0.2) is 0 Å². The molecule has 0 saturated carbocycles. The summed E-state index contributed by atoms with van der Waals surface area (Å²) >= 11 is 5.95. The lowest BCUT2D eigenvalue weighted by Gasteiger charge is -2.31. The summed E-state index contributed by atoms with van der Waals surface area (Å²) < 4.78 is 0. The maximum absolute atomic E-state index is 13.0. The molecule has 3 heterocycles. The summed E-state index contributed by atoms with van der Waals surface area (Å²) in [4.78, 5) is 23.5. The first-order valence-electron chi connectivity index (χ1n) is 7.86. The molecule has 0 radical (unpaired) electrons. The van der Waals surface area contributed by atoms with Crippen LogP contribution in [-0.4, -0.2) is 26.5 Å². The molecule has 3 rings (SSSR count). The van der Waals surface area contributed by atoms with Gasteiger partial charge in [-0.05, 0) is 32.9 Å². The number of carbonyl (C=O) groups is 1. The van der Waals surface area contributed by atoms with E-state index in [1.807, 2.05) is 32.9 Å². The monoisotopic (exact) mass is 345 g/mol. The summed E-state index contributed by atoms with van der Waals surface area (Å²) in [7, 11) is 0. The maximum Gasteiger partial charge on any atom is 0.236 e. The van der Waals surface area contributed by atoms with E-state index in [-0.39, 0.29) is 24.0 Å². The molecule has 1 aliphatic heterocycles. The summed E-state index contributed by atoms with van der Waals surface area (Å²) in [6, 6.07) is 5.47. The van der Waals surface area contributed by atoms with Crippen molar-refractivity contribution in [3.63, 3.8) is 0 Å². The summed E-state index contributed by atoms with van der Waals surface area (Å²) in [6.07, 6.45) is 3.66. The third-order valence-electron chi connectivity index (χ3n) is 4.19. The van der Waals surface area contributed by atoms with Gasteiger partial charge in [-0.2, -0.15) is 0 Å². The zero-order chi connectivity index (χ0) is 17.5.